The maximum atomic E-state index is 10.9. The van der Waals surface area contributed by atoms with E-state index in [1.165, 1.54) is 0 Å². The number of likely N-dealkylation sites (tertiary alicyclic amines) is 1. The summed E-state index contributed by atoms with van der Waals surface area (Å²) in [7, 11) is 2.05. The fourth-order valence-corrected chi connectivity index (χ4v) is 1.34. The molecule has 1 aliphatic rings. The van der Waals surface area contributed by atoms with Crippen LogP contribution in [0, 0.1) is 0 Å². The zero-order valence-corrected chi connectivity index (χ0v) is 7.77. The molecule has 0 atom stereocenters. The Morgan fingerprint density at radius 3 is 2.77 bits per heavy atom. The first-order chi connectivity index (χ1) is 6.22. The Morgan fingerprint density at radius 1 is 1.62 bits per heavy atom. The lowest BCUT2D eigenvalue weighted by atomic mass is 10.1. The van der Waals surface area contributed by atoms with Crippen molar-refractivity contribution < 1.29 is 9.53 Å². The standard InChI is InChI=1S/C8H15N3O2/c1-11-4-2-7(3-5-11)13-8(12)10-6-9/h6-7H,2-5H2,1H3,(H2,9,10,12). The molecule has 1 rings (SSSR count). The minimum absolute atomic E-state index is 0.00685. The summed E-state index contributed by atoms with van der Waals surface area (Å²) in [5, 5.41) is 0. The van der Waals surface area contributed by atoms with E-state index in [4.69, 9.17) is 10.5 Å². The predicted molar refractivity (Wildman–Crippen MR) is 49.7 cm³/mol. The van der Waals surface area contributed by atoms with Crippen LogP contribution in [-0.2, 0) is 4.74 Å². The highest BCUT2D eigenvalue weighted by Crippen LogP contribution is 2.12. The molecular weight excluding hydrogens is 170 g/mol. The minimum atomic E-state index is -0.586. The van der Waals surface area contributed by atoms with Crippen LogP contribution in [0.2, 0.25) is 0 Å². The highest BCUT2D eigenvalue weighted by Gasteiger charge is 2.19. The minimum Gasteiger partial charge on any atom is -0.444 e. The lowest BCUT2D eigenvalue weighted by molar-refractivity contribution is 0.0636. The summed E-state index contributed by atoms with van der Waals surface area (Å²) in [4.78, 5) is 16.4. The Kier molecular flexibility index (Phi) is 3.70. The molecule has 0 spiro atoms. The number of ether oxygens (including phenoxy) is 1. The molecule has 13 heavy (non-hydrogen) atoms. The number of nitrogens with zero attached hydrogens (tertiary/aromatic N) is 2. The van der Waals surface area contributed by atoms with E-state index in [0.29, 0.717) is 0 Å². The maximum absolute atomic E-state index is 10.9. The Labute approximate surface area is 77.6 Å². The van der Waals surface area contributed by atoms with Gasteiger partial charge in [0.15, 0.2) is 0 Å². The lowest BCUT2D eigenvalue weighted by Crippen LogP contribution is -2.34. The van der Waals surface area contributed by atoms with E-state index in [0.717, 1.165) is 32.3 Å². The highest BCUT2D eigenvalue weighted by molar-refractivity contribution is 5.77. The van der Waals surface area contributed by atoms with Crippen LogP contribution in [0.1, 0.15) is 12.8 Å². The highest BCUT2D eigenvalue weighted by atomic mass is 16.6. The number of rotatable bonds is 1. The summed E-state index contributed by atoms with van der Waals surface area (Å²) in [6.45, 7) is 1.93. The molecule has 1 amide bonds. The van der Waals surface area contributed by atoms with E-state index >= 15 is 0 Å². The Hall–Kier alpha value is -1.10. The number of carbonyl (C=O) groups excluding carboxylic acids is 1. The molecule has 0 aromatic heterocycles. The van der Waals surface area contributed by atoms with E-state index in [9.17, 15) is 4.79 Å². The van der Waals surface area contributed by atoms with E-state index in [1.54, 1.807) is 0 Å². The van der Waals surface area contributed by atoms with Gasteiger partial charge in [0, 0.05) is 13.1 Å². The number of aliphatic imine (C=N–C) groups is 1. The number of hydrogen-bond donors (Lipinski definition) is 1. The van der Waals surface area contributed by atoms with Gasteiger partial charge in [0.2, 0.25) is 0 Å². The van der Waals surface area contributed by atoms with Gasteiger partial charge in [-0.3, -0.25) is 0 Å². The van der Waals surface area contributed by atoms with Crippen molar-refractivity contribution in [3.8, 4) is 0 Å². The predicted octanol–water partition coefficient (Wildman–Crippen LogP) is 0.204. The van der Waals surface area contributed by atoms with Gasteiger partial charge in [-0.25, -0.2) is 4.79 Å². The number of hydrogen-bond acceptors (Lipinski definition) is 3. The number of amides is 1. The first-order valence-electron chi connectivity index (χ1n) is 4.36. The summed E-state index contributed by atoms with van der Waals surface area (Å²) in [5.74, 6) is 0. The normalized spacial score (nSPS) is 20.7. The quantitative estimate of drug-likeness (QED) is 0.468. The largest absolute Gasteiger partial charge is 0.444 e. The lowest BCUT2D eigenvalue weighted by Gasteiger charge is -2.27. The van der Waals surface area contributed by atoms with Crippen LogP contribution in [0.5, 0.6) is 0 Å². The summed E-state index contributed by atoms with van der Waals surface area (Å²) < 4.78 is 5.04. The van der Waals surface area contributed by atoms with Gasteiger partial charge in [0.25, 0.3) is 0 Å². The number of nitrogens with two attached hydrogens (primary N) is 1. The van der Waals surface area contributed by atoms with Gasteiger partial charge >= 0.3 is 6.09 Å². The topological polar surface area (TPSA) is 67.9 Å². The second-order valence-electron chi connectivity index (χ2n) is 3.16. The molecule has 1 heterocycles. The third kappa shape index (κ3) is 3.42. The fourth-order valence-electron chi connectivity index (χ4n) is 1.34. The van der Waals surface area contributed by atoms with E-state index in [-0.39, 0.29) is 6.10 Å². The molecule has 1 saturated heterocycles. The molecule has 0 bridgehead atoms. The molecule has 0 aromatic carbocycles. The molecule has 74 valence electrons. The maximum Gasteiger partial charge on any atom is 0.435 e. The first kappa shape index (κ1) is 9.98. The molecule has 5 nitrogen and oxygen atoms in total. The molecule has 0 radical (unpaired) electrons. The molecule has 2 N–H and O–H groups in total. The third-order valence-electron chi connectivity index (χ3n) is 2.11. The van der Waals surface area contributed by atoms with Gasteiger partial charge < -0.3 is 15.4 Å². The van der Waals surface area contributed by atoms with Crippen molar-refractivity contribution >= 4 is 12.4 Å². The van der Waals surface area contributed by atoms with Gasteiger partial charge in [0.1, 0.15) is 6.10 Å². The summed E-state index contributed by atoms with van der Waals surface area (Å²) in [6.07, 6.45) is 2.13. The van der Waals surface area contributed by atoms with E-state index in [1.807, 2.05) is 0 Å². The second-order valence-corrected chi connectivity index (χ2v) is 3.16. The molecule has 0 unspecified atom stereocenters. The smallest absolute Gasteiger partial charge is 0.435 e. The average Bonchev–Trinajstić information content (AvgIpc) is 2.09. The Balaban J connectivity index is 2.26. The Bertz CT molecular complexity index is 198. The van der Waals surface area contributed by atoms with Crippen molar-refractivity contribution in [2.45, 2.75) is 18.9 Å². The van der Waals surface area contributed by atoms with Gasteiger partial charge in [-0.05, 0) is 19.9 Å². The van der Waals surface area contributed by atoms with Gasteiger partial charge in [0.05, 0.1) is 6.34 Å². The van der Waals surface area contributed by atoms with Crippen LogP contribution in [0.15, 0.2) is 4.99 Å². The average molecular weight is 185 g/mol. The van der Waals surface area contributed by atoms with Crippen LogP contribution in [0.25, 0.3) is 0 Å². The molecule has 0 aliphatic carbocycles. The molecule has 5 heteroatoms. The SMILES string of the molecule is CN1CCC(OC(=O)N=CN)CC1. The van der Waals surface area contributed by atoms with Crippen LogP contribution < -0.4 is 5.73 Å². The molecule has 0 aromatic rings. The van der Waals surface area contributed by atoms with Crippen molar-refractivity contribution in [3.05, 3.63) is 0 Å². The van der Waals surface area contributed by atoms with Crippen molar-refractivity contribution in [1.82, 2.24) is 4.90 Å². The van der Waals surface area contributed by atoms with Gasteiger partial charge in [-0.1, -0.05) is 0 Å². The van der Waals surface area contributed by atoms with Crippen molar-refractivity contribution in [1.29, 1.82) is 0 Å². The second kappa shape index (κ2) is 4.81. The summed E-state index contributed by atoms with van der Waals surface area (Å²) in [5.41, 5.74) is 4.96. The monoisotopic (exact) mass is 185 g/mol. The molecular formula is C8H15N3O2. The van der Waals surface area contributed by atoms with Crippen LogP contribution in [-0.4, -0.2) is 43.6 Å². The van der Waals surface area contributed by atoms with Crippen LogP contribution >= 0.6 is 0 Å². The fraction of sp³-hybridized carbons (Fsp3) is 0.750. The van der Waals surface area contributed by atoms with Gasteiger partial charge in [-0.15, -0.1) is 0 Å². The third-order valence-corrected chi connectivity index (χ3v) is 2.11. The molecule has 0 saturated carbocycles. The van der Waals surface area contributed by atoms with Gasteiger partial charge in [-0.2, -0.15) is 4.99 Å². The zero-order valence-electron chi connectivity index (χ0n) is 7.77. The number of piperidine rings is 1. The summed E-state index contributed by atoms with van der Waals surface area (Å²) in [6, 6.07) is 0. The number of carbonyl (C=O) groups is 1. The van der Waals surface area contributed by atoms with E-state index in [2.05, 4.69) is 16.9 Å². The van der Waals surface area contributed by atoms with Crippen molar-refractivity contribution in [2.75, 3.05) is 20.1 Å². The van der Waals surface area contributed by atoms with Crippen LogP contribution in [0.4, 0.5) is 4.79 Å². The Morgan fingerprint density at radius 2 is 2.23 bits per heavy atom. The van der Waals surface area contributed by atoms with Crippen LogP contribution in [0.3, 0.4) is 0 Å². The molecule has 1 aliphatic heterocycles. The zero-order chi connectivity index (χ0) is 9.68. The van der Waals surface area contributed by atoms with Crippen molar-refractivity contribution in [3.63, 3.8) is 0 Å². The van der Waals surface area contributed by atoms with E-state index < -0.39 is 6.09 Å². The first-order valence-corrected chi connectivity index (χ1v) is 4.36. The summed E-state index contributed by atoms with van der Waals surface area (Å²) >= 11 is 0. The molecule has 1 fully saturated rings. The van der Waals surface area contributed by atoms with Crippen molar-refractivity contribution in [2.24, 2.45) is 10.7 Å².